The van der Waals surface area contributed by atoms with Crippen LogP contribution in [0.2, 0.25) is 0 Å². The molecule has 0 atom stereocenters. The van der Waals surface area contributed by atoms with Gasteiger partial charge >= 0.3 is 0 Å². The quantitative estimate of drug-likeness (QED) is 0.693. The fourth-order valence-electron chi connectivity index (χ4n) is 4.03. The van der Waals surface area contributed by atoms with Crippen LogP contribution in [0.25, 0.3) is 0 Å². The van der Waals surface area contributed by atoms with Gasteiger partial charge in [-0.2, -0.15) is 0 Å². The largest absolute Gasteiger partial charge is 0.486 e. The van der Waals surface area contributed by atoms with Crippen LogP contribution in [-0.4, -0.2) is 11.4 Å². The van der Waals surface area contributed by atoms with Gasteiger partial charge in [0.2, 0.25) is 0 Å². The predicted octanol–water partition coefficient (Wildman–Crippen LogP) is 5.04. The molecule has 0 fully saturated rings. The van der Waals surface area contributed by atoms with E-state index in [4.69, 9.17) is 11.2 Å². The van der Waals surface area contributed by atoms with Gasteiger partial charge < -0.3 is 4.74 Å². The Bertz CT molecular complexity index is 1020. The van der Waals surface area contributed by atoms with Crippen molar-refractivity contribution in [2.24, 2.45) is 0 Å². The molecule has 0 saturated heterocycles. The van der Waals surface area contributed by atoms with Crippen molar-refractivity contribution in [3.05, 3.63) is 64.2 Å². The van der Waals surface area contributed by atoms with Crippen LogP contribution in [0.15, 0.2) is 36.4 Å². The van der Waals surface area contributed by atoms with Crippen molar-refractivity contribution < 1.29 is 9.53 Å². The van der Waals surface area contributed by atoms with Gasteiger partial charge in [-0.25, -0.2) is 0 Å². The number of benzene rings is 2. The molecule has 1 heterocycles. The van der Waals surface area contributed by atoms with Gasteiger partial charge in [0.15, 0.2) is 0 Å². The highest BCUT2D eigenvalue weighted by Gasteiger charge is 2.40. The minimum absolute atomic E-state index is 0.0469. The lowest BCUT2D eigenvalue weighted by atomic mass is 9.72. The van der Waals surface area contributed by atoms with Gasteiger partial charge in [0, 0.05) is 23.1 Å². The van der Waals surface area contributed by atoms with E-state index in [1.807, 2.05) is 30.3 Å². The number of hydrogen-bond donors (Lipinski definition) is 0. The third-order valence-electron chi connectivity index (χ3n) is 4.98. The predicted molar refractivity (Wildman–Crippen MR) is 114 cm³/mol. The highest BCUT2D eigenvalue weighted by molar-refractivity contribution is 5.78. The average Bonchev–Trinajstić information content (AvgIpc) is 2.59. The molecule has 1 aliphatic heterocycles. The standard InChI is InChI=1S/C26H26O2/c1-7-22-15-21(13-10-19-8-11-20(12-9-19)14-18(2)27)16-23-24(22)28-26(5,6)17-25(23,3)4/h1,8-9,11-12,15-16H,14,17H2,2-6H3. The van der Waals surface area contributed by atoms with Crippen LogP contribution in [0, 0.1) is 24.2 Å². The summed E-state index contributed by atoms with van der Waals surface area (Å²) >= 11 is 0. The number of carbonyl (C=O) groups is 1. The first-order valence-corrected chi connectivity index (χ1v) is 9.54. The second kappa shape index (κ2) is 7.21. The lowest BCUT2D eigenvalue weighted by molar-refractivity contribution is -0.116. The summed E-state index contributed by atoms with van der Waals surface area (Å²) in [4.78, 5) is 11.2. The van der Waals surface area contributed by atoms with Crippen molar-refractivity contribution in [2.45, 2.75) is 58.5 Å². The Kier molecular flexibility index (Phi) is 5.10. The van der Waals surface area contributed by atoms with E-state index in [9.17, 15) is 4.79 Å². The maximum atomic E-state index is 11.2. The molecule has 0 bridgehead atoms. The summed E-state index contributed by atoms with van der Waals surface area (Å²) in [6.07, 6.45) is 7.14. The molecule has 1 aliphatic rings. The number of Topliss-reactive ketones (excluding diaryl/α,β-unsaturated/α-hetero) is 1. The molecule has 0 N–H and O–H groups in total. The zero-order chi connectivity index (χ0) is 20.5. The summed E-state index contributed by atoms with van der Waals surface area (Å²) in [5.41, 5.74) is 4.36. The van der Waals surface area contributed by atoms with Gasteiger partial charge in [0.05, 0.1) is 5.56 Å². The first-order chi connectivity index (χ1) is 13.1. The fraction of sp³-hybridized carbons (Fsp3) is 0.346. The van der Waals surface area contributed by atoms with Gasteiger partial charge in [-0.05, 0) is 62.4 Å². The Morgan fingerprint density at radius 3 is 2.32 bits per heavy atom. The number of carbonyl (C=O) groups excluding carboxylic acids is 1. The molecule has 28 heavy (non-hydrogen) atoms. The third kappa shape index (κ3) is 4.29. The molecule has 2 heteroatoms. The molecular weight excluding hydrogens is 344 g/mol. The first kappa shape index (κ1) is 19.8. The second-order valence-electron chi connectivity index (χ2n) is 8.79. The van der Waals surface area contributed by atoms with E-state index in [0.29, 0.717) is 6.42 Å². The molecule has 3 rings (SSSR count). The van der Waals surface area contributed by atoms with Crippen molar-refractivity contribution in [2.75, 3.05) is 0 Å². The Hall–Kier alpha value is -2.97. The third-order valence-corrected chi connectivity index (χ3v) is 4.98. The fourth-order valence-corrected chi connectivity index (χ4v) is 4.03. The SMILES string of the molecule is C#Cc1cc(C#Cc2ccc(CC(C)=O)cc2)cc2c1OC(C)(C)CC2(C)C. The minimum Gasteiger partial charge on any atom is -0.486 e. The van der Waals surface area contributed by atoms with E-state index in [1.54, 1.807) is 6.92 Å². The van der Waals surface area contributed by atoms with Crippen molar-refractivity contribution in [1.82, 2.24) is 0 Å². The van der Waals surface area contributed by atoms with Gasteiger partial charge in [-0.3, -0.25) is 4.79 Å². The highest BCUT2D eigenvalue weighted by atomic mass is 16.5. The van der Waals surface area contributed by atoms with Crippen molar-refractivity contribution in [3.63, 3.8) is 0 Å². The average molecular weight is 370 g/mol. The molecule has 0 unspecified atom stereocenters. The monoisotopic (exact) mass is 370 g/mol. The van der Waals surface area contributed by atoms with E-state index < -0.39 is 0 Å². The van der Waals surface area contributed by atoms with E-state index in [-0.39, 0.29) is 16.8 Å². The van der Waals surface area contributed by atoms with Crippen LogP contribution in [-0.2, 0) is 16.6 Å². The number of fused-ring (bicyclic) bond motifs is 1. The zero-order valence-electron chi connectivity index (χ0n) is 17.3. The van der Waals surface area contributed by atoms with Crippen LogP contribution < -0.4 is 4.74 Å². The lowest BCUT2D eigenvalue weighted by Gasteiger charge is -2.43. The topological polar surface area (TPSA) is 26.3 Å². The molecule has 2 nitrogen and oxygen atoms in total. The van der Waals surface area contributed by atoms with Crippen LogP contribution in [0.3, 0.4) is 0 Å². The maximum Gasteiger partial charge on any atom is 0.139 e. The molecule has 0 radical (unpaired) electrons. The molecule has 0 aromatic heterocycles. The van der Waals surface area contributed by atoms with E-state index in [1.165, 1.54) is 0 Å². The zero-order valence-corrected chi connectivity index (χ0v) is 17.3. The normalized spacial score (nSPS) is 16.0. The molecule has 0 spiro atoms. The number of ketones is 1. The van der Waals surface area contributed by atoms with Gasteiger partial charge in [-0.1, -0.05) is 43.7 Å². The second-order valence-corrected chi connectivity index (χ2v) is 8.79. The smallest absolute Gasteiger partial charge is 0.139 e. The summed E-state index contributed by atoms with van der Waals surface area (Å²) in [5, 5.41) is 0. The molecule has 2 aromatic rings. The van der Waals surface area contributed by atoms with Crippen LogP contribution >= 0.6 is 0 Å². The number of terminal acetylenes is 1. The van der Waals surface area contributed by atoms with E-state index in [2.05, 4.69) is 51.5 Å². The van der Waals surface area contributed by atoms with Gasteiger partial charge in [0.1, 0.15) is 17.1 Å². The highest BCUT2D eigenvalue weighted by Crippen LogP contribution is 2.46. The Morgan fingerprint density at radius 1 is 1.07 bits per heavy atom. The number of hydrogen-bond acceptors (Lipinski definition) is 2. The molecule has 0 amide bonds. The van der Waals surface area contributed by atoms with Crippen LogP contribution in [0.4, 0.5) is 0 Å². The molecule has 0 aliphatic carbocycles. The Balaban J connectivity index is 1.97. The summed E-state index contributed by atoms with van der Waals surface area (Å²) in [7, 11) is 0. The maximum absolute atomic E-state index is 11.2. The molecule has 142 valence electrons. The first-order valence-electron chi connectivity index (χ1n) is 9.54. The van der Waals surface area contributed by atoms with Gasteiger partial charge in [-0.15, -0.1) is 6.42 Å². The molecule has 2 aromatic carbocycles. The van der Waals surface area contributed by atoms with E-state index >= 15 is 0 Å². The number of rotatable bonds is 2. The van der Waals surface area contributed by atoms with E-state index in [0.717, 1.165) is 40.0 Å². The summed E-state index contributed by atoms with van der Waals surface area (Å²) in [5.74, 6) is 10.2. The van der Waals surface area contributed by atoms with Crippen molar-refractivity contribution in [1.29, 1.82) is 0 Å². The van der Waals surface area contributed by atoms with Gasteiger partial charge in [0.25, 0.3) is 0 Å². The number of ether oxygens (including phenoxy) is 1. The Labute approximate surface area is 168 Å². The summed E-state index contributed by atoms with van der Waals surface area (Å²) in [6.45, 7) is 10.2. The van der Waals surface area contributed by atoms with Crippen LogP contribution in [0.5, 0.6) is 5.75 Å². The summed E-state index contributed by atoms with van der Waals surface area (Å²) in [6, 6.07) is 11.8. The van der Waals surface area contributed by atoms with Crippen molar-refractivity contribution in [3.8, 4) is 29.9 Å². The minimum atomic E-state index is -0.253. The van der Waals surface area contributed by atoms with Crippen molar-refractivity contribution >= 4 is 5.78 Å². The molecular formula is C26H26O2. The molecule has 0 saturated carbocycles. The Morgan fingerprint density at radius 2 is 1.71 bits per heavy atom. The summed E-state index contributed by atoms with van der Waals surface area (Å²) < 4.78 is 6.22. The van der Waals surface area contributed by atoms with Crippen LogP contribution in [0.1, 0.15) is 68.9 Å². The lowest BCUT2D eigenvalue weighted by Crippen LogP contribution is -2.41.